The second-order valence-electron chi connectivity index (χ2n) is 5.96. The predicted molar refractivity (Wildman–Crippen MR) is 101 cm³/mol. The number of hydrogen-bond donors (Lipinski definition) is 1. The van der Waals surface area contributed by atoms with Crippen molar-refractivity contribution >= 4 is 0 Å². The van der Waals surface area contributed by atoms with Gasteiger partial charge in [-0.15, -0.1) is 0 Å². The molecule has 24 heavy (non-hydrogen) atoms. The normalized spacial score (nSPS) is 10.7. The van der Waals surface area contributed by atoms with E-state index in [2.05, 4.69) is 102 Å². The van der Waals surface area contributed by atoms with Gasteiger partial charge in [0.05, 0.1) is 5.69 Å². The van der Waals surface area contributed by atoms with Crippen LogP contribution >= 0.6 is 0 Å². The Morgan fingerprint density at radius 1 is 0.583 bits per heavy atom. The zero-order valence-corrected chi connectivity index (χ0v) is 13.4. The molecule has 0 bridgehead atoms. The molecule has 0 unspecified atom stereocenters. The summed E-state index contributed by atoms with van der Waals surface area (Å²) in [6.07, 6.45) is 3.08. The van der Waals surface area contributed by atoms with Crippen LogP contribution in [0.2, 0.25) is 0 Å². The SMILES string of the molecule is c1ccc(Cc2c[nH]c(-c3ccccc3)c2-c2ccccc2)cc1. The summed E-state index contributed by atoms with van der Waals surface area (Å²) in [6.45, 7) is 0. The summed E-state index contributed by atoms with van der Waals surface area (Å²) in [5, 5.41) is 0. The van der Waals surface area contributed by atoms with Crippen molar-refractivity contribution in [2.24, 2.45) is 0 Å². The average molecular weight is 309 g/mol. The standard InChI is InChI=1S/C23H19N/c1-4-10-18(11-5-1)16-21-17-24-23(20-14-8-3-9-15-20)22(21)19-12-6-2-7-13-19/h1-15,17,24H,16H2. The quantitative estimate of drug-likeness (QED) is 0.480. The van der Waals surface area contributed by atoms with E-state index in [4.69, 9.17) is 0 Å². The van der Waals surface area contributed by atoms with Gasteiger partial charge < -0.3 is 4.98 Å². The highest BCUT2D eigenvalue weighted by Gasteiger charge is 2.14. The number of benzene rings is 3. The van der Waals surface area contributed by atoms with Crippen molar-refractivity contribution in [2.75, 3.05) is 0 Å². The molecule has 0 spiro atoms. The van der Waals surface area contributed by atoms with Gasteiger partial charge in [-0.25, -0.2) is 0 Å². The summed E-state index contributed by atoms with van der Waals surface area (Å²) in [6, 6.07) is 31.8. The van der Waals surface area contributed by atoms with Gasteiger partial charge in [-0.2, -0.15) is 0 Å². The van der Waals surface area contributed by atoms with E-state index >= 15 is 0 Å². The highest BCUT2D eigenvalue weighted by Crippen LogP contribution is 2.35. The molecule has 4 aromatic rings. The lowest BCUT2D eigenvalue weighted by atomic mass is 9.95. The van der Waals surface area contributed by atoms with Crippen LogP contribution in [-0.4, -0.2) is 4.98 Å². The average Bonchev–Trinajstić information content (AvgIpc) is 3.07. The fourth-order valence-electron chi connectivity index (χ4n) is 3.19. The number of H-pyrrole nitrogens is 1. The fourth-order valence-corrected chi connectivity index (χ4v) is 3.19. The molecule has 0 amide bonds. The molecule has 0 aliphatic heterocycles. The van der Waals surface area contributed by atoms with Gasteiger partial charge in [-0.05, 0) is 28.7 Å². The molecule has 0 aliphatic carbocycles. The van der Waals surface area contributed by atoms with Crippen LogP contribution in [0.5, 0.6) is 0 Å². The smallest absolute Gasteiger partial charge is 0.0536 e. The minimum Gasteiger partial charge on any atom is -0.360 e. The van der Waals surface area contributed by atoms with Crippen LogP contribution in [-0.2, 0) is 6.42 Å². The first-order chi connectivity index (χ1) is 11.9. The Morgan fingerprint density at radius 3 is 1.75 bits per heavy atom. The summed E-state index contributed by atoms with van der Waals surface area (Å²) in [5.41, 5.74) is 7.61. The predicted octanol–water partition coefficient (Wildman–Crippen LogP) is 5.94. The molecule has 116 valence electrons. The van der Waals surface area contributed by atoms with Gasteiger partial charge in [0.1, 0.15) is 0 Å². The Morgan fingerprint density at radius 2 is 1.12 bits per heavy atom. The fraction of sp³-hybridized carbons (Fsp3) is 0.0435. The first-order valence-corrected chi connectivity index (χ1v) is 8.27. The highest BCUT2D eigenvalue weighted by atomic mass is 14.7. The van der Waals surface area contributed by atoms with Crippen LogP contribution in [0.1, 0.15) is 11.1 Å². The first kappa shape index (κ1) is 14.5. The first-order valence-electron chi connectivity index (χ1n) is 8.27. The van der Waals surface area contributed by atoms with E-state index < -0.39 is 0 Å². The Hall–Kier alpha value is -3.06. The zero-order chi connectivity index (χ0) is 16.2. The molecule has 1 heteroatoms. The van der Waals surface area contributed by atoms with Gasteiger partial charge in [-0.3, -0.25) is 0 Å². The van der Waals surface area contributed by atoms with Gasteiger partial charge in [0.2, 0.25) is 0 Å². The van der Waals surface area contributed by atoms with Crippen molar-refractivity contribution in [1.29, 1.82) is 0 Å². The Balaban J connectivity index is 1.84. The zero-order valence-electron chi connectivity index (χ0n) is 13.4. The summed E-state index contributed by atoms with van der Waals surface area (Å²) < 4.78 is 0. The lowest BCUT2D eigenvalue weighted by molar-refractivity contribution is 1.20. The summed E-state index contributed by atoms with van der Waals surface area (Å²) in [5.74, 6) is 0. The van der Waals surface area contributed by atoms with E-state index in [0.717, 1.165) is 6.42 Å². The molecule has 0 saturated heterocycles. The van der Waals surface area contributed by atoms with Crippen LogP contribution < -0.4 is 0 Å². The van der Waals surface area contributed by atoms with E-state index in [9.17, 15) is 0 Å². The van der Waals surface area contributed by atoms with Crippen molar-refractivity contribution in [3.8, 4) is 22.4 Å². The minimum atomic E-state index is 0.925. The van der Waals surface area contributed by atoms with Crippen molar-refractivity contribution in [3.63, 3.8) is 0 Å². The van der Waals surface area contributed by atoms with Crippen LogP contribution in [0, 0.1) is 0 Å². The maximum absolute atomic E-state index is 3.51. The maximum atomic E-state index is 3.51. The lowest BCUT2D eigenvalue weighted by Crippen LogP contribution is -1.90. The van der Waals surface area contributed by atoms with E-state index in [-0.39, 0.29) is 0 Å². The summed E-state index contributed by atoms with van der Waals surface area (Å²) in [7, 11) is 0. The summed E-state index contributed by atoms with van der Waals surface area (Å²) >= 11 is 0. The molecule has 1 N–H and O–H groups in total. The third-order valence-electron chi connectivity index (χ3n) is 4.32. The van der Waals surface area contributed by atoms with Gasteiger partial charge in [-0.1, -0.05) is 91.0 Å². The van der Waals surface area contributed by atoms with Gasteiger partial charge in [0, 0.05) is 11.8 Å². The second kappa shape index (κ2) is 6.59. The van der Waals surface area contributed by atoms with E-state index in [1.807, 2.05) is 0 Å². The Kier molecular flexibility index (Phi) is 3.99. The molecule has 1 heterocycles. The monoisotopic (exact) mass is 309 g/mol. The number of rotatable bonds is 4. The molecule has 0 aliphatic rings. The number of nitrogens with one attached hydrogen (secondary N) is 1. The van der Waals surface area contributed by atoms with Crippen molar-refractivity contribution in [2.45, 2.75) is 6.42 Å². The Labute approximate surface area is 142 Å². The largest absolute Gasteiger partial charge is 0.360 e. The van der Waals surface area contributed by atoms with Crippen LogP contribution in [0.3, 0.4) is 0 Å². The number of hydrogen-bond acceptors (Lipinski definition) is 0. The lowest BCUT2D eigenvalue weighted by Gasteiger charge is -2.09. The van der Waals surface area contributed by atoms with Gasteiger partial charge in [0.15, 0.2) is 0 Å². The molecule has 0 saturated carbocycles. The van der Waals surface area contributed by atoms with E-state index in [1.54, 1.807) is 0 Å². The van der Waals surface area contributed by atoms with Crippen molar-refractivity contribution in [1.82, 2.24) is 4.98 Å². The number of aromatic amines is 1. The van der Waals surface area contributed by atoms with E-state index in [0.29, 0.717) is 0 Å². The van der Waals surface area contributed by atoms with Crippen LogP contribution in [0.25, 0.3) is 22.4 Å². The van der Waals surface area contributed by atoms with Crippen molar-refractivity contribution in [3.05, 3.63) is 108 Å². The van der Waals surface area contributed by atoms with Crippen LogP contribution in [0.15, 0.2) is 97.2 Å². The second-order valence-corrected chi connectivity index (χ2v) is 5.96. The number of aromatic nitrogens is 1. The molecule has 0 atom stereocenters. The summed E-state index contributed by atoms with van der Waals surface area (Å²) in [4.78, 5) is 3.51. The van der Waals surface area contributed by atoms with Gasteiger partial charge in [0.25, 0.3) is 0 Å². The molecular formula is C23H19N. The third-order valence-corrected chi connectivity index (χ3v) is 4.32. The molecule has 0 fully saturated rings. The van der Waals surface area contributed by atoms with Crippen molar-refractivity contribution < 1.29 is 0 Å². The Bertz CT molecular complexity index is 906. The van der Waals surface area contributed by atoms with E-state index in [1.165, 1.54) is 33.5 Å². The topological polar surface area (TPSA) is 15.8 Å². The molecule has 1 nitrogen and oxygen atoms in total. The minimum absolute atomic E-state index is 0.925. The van der Waals surface area contributed by atoms with Gasteiger partial charge >= 0.3 is 0 Å². The molecule has 4 rings (SSSR count). The van der Waals surface area contributed by atoms with Crippen LogP contribution in [0.4, 0.5) is 0 Å². The highest BCUT2D eigenvalue weighted by molar-refractivity contribution is 5.84. The molecular weight excluding hydrogens is 290 g/mol. The third kappa shape index (κ3) is 2.89. The molecule has 3 aromatic carbocycles. The molecule has 1 aromatic heterocycles. The maximum Gasteiger partial charge on any atom is 0.0536 e. The molecule has 0 radical (unpaired) electrons.